The highest BCUT2D eigenvalue weighted by molar-refractivity contribution is 5.59. The second kappa shape index (κ2) is 6.09. The van der Waals surface area contributed by atoms with E-state index in [1.807, 2.05) is 18.2 Å². The van der Waals surface area contributed by atoms with E-state index in [4.69, 9.17) is 9.47 Å². The smallest absolute Gasteiger partial charge is 0.145 e. The Kier molecular flexibility index (Phi) is 4.23. The average molecular weight is 261 g/mol. The molecule has 0 spiro atoms. The van der Waals surface area contributed by atoms with Crippen molar-refractivity contribution >= 4 is 5.69 Å². The minimum atomic E-state index is -0.231. The number of hydrogen-bond donors (Lipinski definition) is 1. The molecule has 0 saturated carbocycles. The Labute approximate surface area is 112 Å². The summed E-state index contributed by atoms with van der Waals surface area (Å²) in [6.07, 6.45) is 0. The number of anilines is 1. The SMILES string of the molecule is COc1ccc(NCc2ccc(F)cc2)c(OC)c1. The van der Waals surface area contributed by atoms with Crippen molar-refractivity contribution in [2.24, 2.45) is 0 Å². The summed E-state index contributed by atoms with van der Waals surface area (Å²) in [5, 5.41) is 3.25. The van der Waals surface area contributed by atoms with Crippen molar-refractivity contribution in [3.63, 3.8) is 0 Å². The Hall–Kier alpha value is -2.23. The highest BCUT2D eigenvalue weighted by atomic mass is 19.1. The molecule has 0 aliphatic rings. The average Bonchev–Trinajstić information content (AvgIpc) is 2.46. The second-order valence-corrected chi connectivity index (χ2v) is 4.05. The number of nitrogens with one attached hydrogen (secondary N) is 1. The molecule has 2 aromatic rings. The molecule has 0 fully saturated rings. The van der Waals surface area contributed by atoms with Crippen LogP contribution < -0.4 is 14.8 Å². The van der Waals surface area contributed by atoms with E-state index in [1.165, 1.54) is 12.1 Å². The van der Waals surface area contributed by atoms with Crippen LogP contribution in [-0.4, -0.2) is 14.2 Å². The van der Waals surface area contributed by atoms with Gasteiger partial charge in [0.2, 0.25) is 0 Å². The molecular formula is C15H16FNO2. The van der Waals surface area contributed by atoms with Crippen LogP contribution in [0.15, 0.2) is 42.5 Å². The maximum atomic E-state index is 12.8. The van der Waals surface area contributed by atoms with E-state index in [0.717, 1.165) is 17.0 Å². The van der Waals surface area contributed by atoms with Gasteiger partial charge in [0.15, 0.2) is 0 Å². The molecule has 3 nitrogen and oxygen atoms in total. The number of rotatable bonds is 5. The molecule has 2 rings (SSSR count). The zero-order valence-corrected chi connectivity index (χ0v) is 10.9. The standard InChI is InChI=1S/C15H16FNO2/c1-18-13-7-8-14(15(9-13)19-2)17-10-11-3-5-12(16)6-4-11/h3-9,17H,10H2,1-2H3. The van der Waals surface area contributed by atoms with Gasteiger partial charge in [0.1, 0.15) is 17.3 Å². The molecule has 0 heterocycles. The first-order valence-electron chi connectivity index (χ1n) is 5.93. The van der Waals surface area contributed by atoms with Crippen molar-refractivity contribution in [3.05, 3.63) is 53.8 Å². The summed E-state index contributed by atoms with van der Waals surface area (Å²) < 4.78 is 23.2. The van der Waals surface area contributed by atoms with E-state index in [1.54, 1.807) is 26.4 Å². The van der Waals surface area contributed by atoms with E-state index < -0.39 is 0 Å². The number of methoxy groups -OCH3 is 2. The lowest BCUT2D eigenvalue weighted by atomic mass is 10.2. The summed E-state index contributed by atoms with van der Waals surface area (Å²) in [6.45, 7) is 0.600. The molecule has 0 radical (unpaired) electrons. The molecule has 4 heteroatoms. The minimum absolute atomic E-state index is 0.231. The van der Waals surface area contributed by atoms with Crippen LogP contribution in [0.1, 0.15) is 5.56 Å². The van der Waals surface area contributed by atoms with E-state index in [0.29, 0.717) is 12.3 Å². The third-order valence-corrected chi connectivity index (χ3v) is 2.80. The van der Waals surface area contributed by atoms with Gasteiger partial charge in [0.25, 0.3) is 0 Å². The van der Waals surface area contributed by atoms with Gasteiger partial charge in [-0.25, -0.2) is 4.39 Å². The molecule has 0 unspecified atom stereocenters. The summed E-state index contributed by atoms with van der Waals surface area (Å²) in [6, 6.07) is 11.9. The van der Waals surface area contributed by atoms with Gasteiger partial charge in [-0.05, 0) is 29.8 Å². The third kappa shape index (κ3) is 3.37. The van der Waals surface area contributed by atoms with Crippen LogP contribution in [0.2, 0.25) is 0 Å². The summed E-state index contributed by atoms with van der Waals surface area (Å²) in [4.78, 5) is 0. The molecule has 2 aromatic carbocycles. The van der Waals surface area contributed by atoms with Crippen LogP contribution in [0, 0.1) is 5.82 Å². The van der Waals surface area contributed by atoms with Gasteiger partial charge in [0, 0.05) is 12.6 Å². The maximum Gasteiger partial charge on any atom is 0.145 e. The molecule has 0 bridgehead atoms. The highest BCUT2D eigenvalue weighted by Crippen LogP contribution is 2.29. The maximum absolute atomic E-state index is 12.8. The quantitative estimate of drug-likeness (QED) is 0.894. The van der Waals surface area contributed by atoms with Crippen molar-refractivity contribution in [1.29, 1.82) is 0 Å². The zero-order chi connectivity index (χ0) is 13.7. The Bertz CT molecular complexity index is 540. The number of benzene rings is 2. The fourth-order valence-electron chi connectivity index (χ4n) is 1.74. The summed E-state index contributed by atoms with van der Waals surface area (Å²) in [5.74, 6) is 1.22. The molecule has 0 saturated heterocycles. The summed E-state index contributed by atoms with van der Waals surface area (Å²) >= 11 is 0. The molecule has 0 amide bonds. The van der Waals surface area contributed by atoms with Crippen LogP contribution in [-0.2, 0) is 6.54 Å². The first kappa shape index (κ1) is 13.2. The van der Waals surface area contributed by atoms with Crippen molar-refractivity contribution in [2.75, 3.05) is 19.5 Å². The number of halogens is 1. The Morgan fingerprint density at radius 1 is 1.00 bits per heavy atom. The van der Waals surface area contributed by atoms with Gasteiger partial charge in [-0.15, -0.1) is 0 Å². The molecule has 100 valence electrons. The Balaban J connectivity index is 2.08. The van der Waals surface area contributed by atoms with E-state index >= 15 is 0 Å². The predicted octanol–water partition coefficient (Wildman–Crippen LogP) is 3.46. The lowest BCUT2D eigenvalue weighted by Gasteiger charge is -2.12. The van der Waals surface area contributed by atoms with Crippen LogP contribution in [0.5, 0.6) is 11.5 Å². The first-order valence-corrected chi connectivity index (χ1v) is 5.93. The van der Waals surface area contributed by atoms with Crippen molar-refractivity contribution in [3.8, 4) is 11.5 Å². The van der Waals surface area contributed by atoms with Gasteiger partial charge in [-0.1, -0.05) is 12.1 Å². The number of hydrogen-bond acceptors (Lipinski definition) is 3. The third-order valence-electron chi connectivity index (χ3n) is 2.80. The predicted molar refractivity (Wildman–Crippen MR) is 73.3 cm³/mol. The molecule has 19 heavy (non-hydrogen) atoms. The molecular weight excluding hydrogens is 245 g/mol. The first-order chi connectivity index (χ1) is 9.22. The largest absolute Gasteiger partial charge is 0.497 e. The van der Waals surface area contributed by atoms with E-state index in [2.05, 4.69) is 5.32 Å². The van der Waals surface area contributed by atoms with Crippen LogP contribution in [0.25, 0.3) is 0 Å². The van der Waals surface area contributed by atoms with Crippen molar-refractivity contribution in [1.82, 2.24) is 0 Å². The number of ether oxygens (including phenoxy) is 2. The fraction of sp³-hybridized carbons (Fsp3) is 0.200. The molecule has 0 aliphatic heterocycles. The monoisotopic (exact) mass is 261 g/mol. The topological polar surface area (TPSA) is 30.5 Å². The molecule has 0 aromatic heterocycles. The Morgan fingerprint density at radius 3 is 2.37 bits per heavy atom. The summed E-state index contributed by atoms with van der Waals surface area (Å²) in [5.41, 5.74) is 1.87. The van der Waals surface area contributed by atoms with E-state index in [-0.39, 0.29) is 5.82 Å². The highest BCUT2D eigenvalue weighted by Gasteiger charge is 2.04. The lowest BCUT2D eigenvalue weighted by Crippen LogP contribution is -2.01. The fourth-order valence-corrected chi connectivity index (χ4v) is 1.74. The second-order valence-electron chi connectivity index (χ2n) is 4.05. The summed E-state index contributed by atoms with van der Waals surface area (Å²) in [7, 11) is 3.22. The van der Waals surface area contributed by atoms with Gasteiger partial charge in [-0.2, -0.15) is 0 Å². The van der Waals surface area contributed by atoms with Crippen molar-refractivity contribution in [2.45, 2.75) is 6.54 Å². The zero-order valence-electron chi connectivity index (χ0n) is 10.9. The normalized spacial score (nSPS) is 10.1. The molecule has 0 aliphatic carbocycles. The lowest BCUT2D eigenvalue weighted by molar-refractivity contribution is 0.395. The molecule has 1 N–H and O–H groups in total. The van der Waals surface area contributed by atoms with Gasteiger partial charge in [-0.3, -0.25) is 0 Å². The molecule has 0 atom stereocenters. The minimum Gasteiger partial charge on any atom is -0.497 e. The van der Waals surface area contributed by atoms with Gasteiger partial charge in [0.05, 0.1) is 19.9 Å². The van der Waals surface area contributed by atoms with Gasteiger partial charge < -0.3 is 14.8 Å². The van der Waals surface area contributed by atoms with Gasteiger partial charge >= 0.3 is 0 Å². The van der Waals surface area contributed by atoms with Crippen LogP contribution in [0.4, 0.5) is 10.1 Å². The van der Waals surface area contributed by atoms with E-state index in [9.17, 15) is 4.39 Å². The van der Waals surface area contributed by atoms with Crippen LogP contribution in [0.3, 0.4) is 0 Å². The van der Waals surface area contributed by atoms with Crippen molar-refractivity contribution < 1.29 is 13.9 Å². The Morgan fingerprint density at radius 2 is 1.74 bits per heavy atom. The van der Waals surface area contributed by atoms with Crippen LogP contribution >= 0.6 is 0 Å².